The van der Waals surface area contributed by atoms with Crippen LogP contribution in [0, 0.1) is 0 Å². The van der Waals surface area contributed by atoms with Crippen molar-refractivity contribution in [3.05, 3.63) is 29.8 Å². The molecule has 1 heterocycles. The number of anilines is 1. The standard InChI is InChI=1S/C18H29N3O4S/c1-3-5-14-26(23,24)21-12-10-18(19,11-13-21)25-17(22)20-16-8-6-15(4-2)7-9-16/h6-9H,3-5,10-14,19H2,1-2H3,(H,20,22). The van der Waals surface area contributed by atoms with Gasteiger partial charge in [-0.25, -0.2) is 17.5 Å². The van der Waals surface area contributed by atoms with Crippen LogP contribution in [0.3, 0.4) is 0 Å². The van der Waals surface area contributed by atoms with Crippen LogP contribution < -0.4 is 11.1 Å². The summed E-state index contributed by atoms with van der Waals surface area (Å²) in [5.74, 6) is 0.149. The first-order chi connectivity index (χ1) is 12.3. The van der Waals surface area contributed by atoms with Crippen molar-refractivity contribution < 1.29 is 17.9 Å². The van der Waals surface area contributed by atoms with Gasteiger partial charge >= 0.3 is 6.09 Å². The molecule has 26 heavy (non-hydrogen) atoms. The number of carbonyl (C=O) groups is 1. The van der Waals surface area contributed by atoms with E-state index in [1.54, 1.807) is 0 Å². The number of aryl methyl sites for hydroxylation is 1. The zero-order chi connectivity index (χ0) is 19.2. The summed E-state index contributed by atoms with van der Waals surface area (Å²) in [6.07, 6.45) is 2.33. The predicted octanol–water partition coefficient (Wildman–Crippen LogP) is 2.68. The van der Waals surface area contributed by atoms with Crippen LogP contribution in [0.4, 0.5) is 10.5 Å². The minimum atomic E-state index is -3.26. The second-order valence-corrected chi connectivity index (χ2v) is 8.79. The van der Waals surface area contributed by atoms with E-state index in [0.29, 0.717) is 12.1 Å². The van der Waals surface area contributed by atoms with Gasteiger partial charge in [0.05, 0.1) is 5.75 Å². The molecular weight excluding hydrogens is 354 g/mol. The lowest BCUT2D eigenvalue weighted by Gasteiger charge is -2.37. The number of sulfonamides is 1. The molecule has 2 rings (SSSR count). The number of nitrogens with zero attached hydrogens (tertiary/aromatic N) is 1. The zero-order valence-corrected chi connectivity index (χ0v) is 16.3. The van der Waals surface area contributed by atoms with Crippen molar-refractivity contribution in [1.29, 1.82) is 0 Å². The van der Waals surface area contributed by atoms with E-state index in [1.807, 2.05) is 31.2 Å². The van der Waals surface area contributed by atoms with Gasteiger partial charge in [0.2, 0.25) is 10.0 Å². The van der Waals surface area contributed by atoms with Crippen molar-refractivity contribution in [2.75, 3.05) is 24.2 Å². The summed E-state index contributed by atoms with van der Waals surface area (Å²) in [6.45, 7) is 4.55. The summed E-state index contributed by atoms with van der Waals surface area (Å²) in [4.78, 5) is 12.1. The number of unbranched alkanes of at least 4 members (excludes halogenated alkanes) is 1. The van der Waals surface area contributed by atoms with E-state index >= 15 is 0 Å². The van der Waals surface area contributed by atoms with E-state index in [9.17, 15) is 13.2 Å². The van der Waals surface area contributed by atoms with Gasteiger partial charge in [0, 0.05) is 31.6 Å². The Balaban J connectivity index is 1.86. The Bertz CT molecular complexity index is 696. The van der Waals surface area contributed by atoms with Gasteiger partial charge in [-0.2, -0.15) is 0 Å². The minimum Gasteiger partial charge on any atom is -0.428 e. The normalized spacial score (nSPS) is 17.7. The topological polar surface area (TPSA) is 102 Å². The molecule has 0 unspecified atom stereocenters. The molecule has 0 saturated carbocycles. The Kier molecular flexibility index (Phi) is 7.02. The molecule has 1 amide bonds. The maximum absolute atomic E-state index is 12.2. The molecule has 0 aliphatic carbocycles. The quantitative estimate of drug-likeness (QED) is 0.705. The number of carbonyl (C=O) groups excluding carboxylic acids is 1. The number of benzene rings is 1. The lowest BCUT2D eigenvalue weighted by molar-refractivity contribution is -0.0116. The van der Waals surface area contributed by atoms with E-state index in [0.717, 1.165) is 12.8 Å². The number of hydrogen-bond acceptors (Lipinski definition) is 5. The number of nitrogens with one attached hydrogen (secondary N) is 1. The highest BCUT2D eigenvalue weighted by Gasteiger charge is 2.38. The molecule has 1 aromatic rings. The Hall–Kier alpha value is -1.64. The van der Waals surface area contributed by atoms with Crippen LogP contribution in [-0.4, -0.2) is 43.4 Å². The highest BCUT2D eigenvalue weighted by Crippen LogP contribution is 2.24. The molecule has 1 aromatic carbocycles. The van der Waals surface area contributed by atoms with E-state index in [1.165, 1.54) is 9.87 Å². The first-order valence-electron chi connectivity index (χ1n) is 9.13. The first kappa shape index (κ1) is 20.7. The third-order valence-electron chi connectivity index (χ3n) is 4.62. The molecule has 0 radical (unpaired) electrons. The molecule has 0 atom stereocenters. The average Bonchev–Trinajstić information content (AvgIpc) is 2.60. The monoisotopic (exact) mass is 383 g/mol. The van der Waals surface area contributed by atoms with Crippen molar-refractivity contribution in [1.82, 2.24) is 4.31 Å². The summed E-state index contributed by atoms with van der Waals surface area (Å²) < 4.78 is 31.3. The number of piperidine rings is 1. The number of rotatable bonds is 7. The molecule has 1 aliphatic rings. The Morgan fingerprint density at radius 1 is 1.23 bits per heavy atom. The van der Waals surface area contributed by atoms with Crippen LogP contribution in [0.1, 0.15) is 45.1 Å². The van der Waals surface area contributed by atoms with E-state index in [2.05, 4.69) is 12.2 Å². The van der Waals surface area contributed by atoms with Crippen LogP contribution in [-0.2, 0) is 21.2 Å². The predicted molar refractivity (Wildman–Crippen MR) is 102 cm³/mol. The Morgan fingerprint density at radius 3 is 2.38 bits per heavy atom. The Labute approximate surface area is 155 Å². The molecule has 1 aliphatic heterocycles. The lowest BCUT2D eigenvalue weighted by atomic mass is 10.0. The van der Waals surface area contributed by atoms with Crippen molar-refractivity contribution in [2.24, 2.45) is 5.73 Å². The van der Waals surface area contributed by atoms with Gasteiger partial charge in [0.25, 0.3) is 0 Å². The highest BCUT2D eigenvalue weighted by atomic mass is 32.2. The van der Waals surface area contributed by atoms with E-state index in [-0.39, 0.29) is 31.7 Å². The van der Waals surface area contributed by atoms with Gasteiger partial charge in [-0.15, -0.1) is 0 Å². The van der Waals surface area contributed by atoms with Crippen LogP contribution in [0.2, 0.25) is 0 Å². The van der Waals surface area contributed by atoms with E-state index in [4.69, 9.17) is 10.5 Å². The largest absolute Gasteiger partial charge is 0.428 e. The molecule has 1 fully saturated rings. The van der Waals surface area contributed by atoms with Gasteiger partial charge in [0.1, 0.15) is 0 Å². The molecule has 146 valence electrons. The summed E-state index contributed by atoms with van der Waals surface area (Å²) in [6, 6.07) is 7.50. The highest BCUT2D eigenvalue weighted by molar-refractivity contribution is 7.89. The Morgan fingerprint density at radius 2 is 1.85 bits per heavy atom. The summed E-state index contributed by atoms with van der Waals surface area (Å²) in [5, 5.41) is 2.66. The van der Waals surface area contributed by atoms with Crippen molar-refractivity contribution in [3.63, 3.8) is 0 Å². The first-order valence-corrected chi connectivity index (χ1v) is 10.7. The second-order valence-electron chi connectivity index (χ2n) is 6.70. The zero-order valence-electron chi connectivity index (χ0n) is 15.5. The fourth-order valence-corrected chi connectivity index (χ4v) is 4.50. The smallest absolute Gasteiger partial charge is 0.413 e. The maximum Gasteiger partial charge on any atom is 0.413 e. The second kappa shape index (κ2) is 8.83. The molecule has 0 aromatic heterocycles. The fourth-order valence-electron chi connectivity index (χ4n) is 2.85. The van der Waals surface area contributed by atoms with Crippen LogP contribution in [0.25, 0.3) is 0 Å². The molecule has 0 bridgehead atoms. The van der Waals surface area contributed by atoms with Gasteiger partial charge in [-0.1, -0.05) is 32.4 Å². The van der Waals surface area contributed by atoms with Gasteiger partial charge in [-0.3, -0.25) is 11.1 Å². The third-order valence-corrected chi connectivity index (χ3v) is 6.58. The van der Waals surface area contributed by atoms with Crippen LogP contribution >= 0.6 is 0 Å². The molecule has 8 heteroatoms. The van der Waals surface area contributed by atoms with Crippen molar-refractivity contribution in [3.8, 4) is 0 Å². The lowest BCUT2D eigenvalue weighted by Crippen LogP contribution is -2.54. The average molecular weight is 384 g/mol. The molecule has 1 saturated heterocycles. The van der Waals surface area contributed by atoms with E-state index < -0.39 is 21.8 Å². The molecule has 3 N–H and O–H groups in total. The molecule has 0 spiro atoms. The SMILES string of the molecule is CCCCS(=O)(=O)N1CCC(N)(OC(=O)Nc2ccc(CC)cc2)CC1. The number of amides is 1. The van der Waals surface area contributed by atoms with Crippen molar-refractivity contribution >= 4 is 21.8 Å². The van der Waals surface area contributed by atoms with Crippen LogP contribution in [0.15, 0.2) is 24.3 Å². The molecular formula is C18H29N3O4S. The fraction of sp³-hybridized carbons (Fsp3) is 0.611. The summed E-state index contributed by atoms with van der Waals surface area (Å²) >= 11 is 0. The van der Waals surface area contributed by atoms with Crippen molar-refractivity contribution in [2.45, 2.75) is 51.7 Å². The number of hydrogen-bond donors (Lipinski definition) is 2. The molecule has 7 nitrogen and oxygen atoms in total. The number of ether oxygens (including phenoxy) is 1. The summed E-state index contributed by atoms with van der Waals surface area (Å²) in [7, 11) is -3.26. The minimum absolute atomic E-state index is 0.149. The van der Waals surface area contributed by atoms with Crippen LogP contribution in [0.5, 0.6) is 0 Å². The summed E-state index contributed by atoms with van der Waals surface area (Å²) in [5.41, 5.74) is 6.82. The van der Waals surface area contributed by atoms with Gasteiger partial charge < -0.3 is 4.74 Å². The van der Waals surface area contributed by atoms with Gasteiger partial charge in [-0.05, 0) is 30.5 Å². The maximum atomic E-state index is 12.2. The van der Waals surface area contributed by atoms with Gasteiger partial charge in [0.15, 0.2) is 5.72 Å². The third kappa shape index (κ3) is 5.69. The number of nitrogens with two attached hydrogens (primary N) is 1.